The minimum Gasteiger partial charge on any atom is -0.466 e. The van der Waals surface area contributed by atoms with E-state index in [1.807, 2.05) is 0 Å². The summed E-state index contributed by atoms with van der Waals surface area (Å²) in [6.07, 6.45) is 0.275. The van der Waals surface area contributed by atoms with Crippen LogP contribution in [0.3, 0.4) is 0 Å². The van der Waals surface area contributed by atoms with Crippen LogP contribution in [-0.4, -0.2) is 41.7 Å². The Bertz CT molecular complexity index is 939. The molecule has 0 aromatic heterocycles. The molecule has 3 rings (SSSR count). The molecule has 0 aliphatic carbocycles. The number of hydrogen-bond acceptors (Lipinski definition) is 5. The first-order chi connectivity index (χ1) is 14.4. The second-order valence-corrected chi connectivity index (χ2v) is 7.33. The fraction of sp³-hybridized carbons (Fsp3) is 0.273. The van der Waals surface area contributed by atoms with Crippen molar-refractivity contribution in [2.45, 2.75) is 25.8 Å². The number of esters is 1. The van der Waals surface area contributed by atoms with Crippen molar-refractivity contribution in [1.82, 2.24) is 10.2 Å². The SMILES string of the molecule is CC(=O)NC(CC(=O)OCCCN1C(=O)c2ccccc2C1=O)c1ccc(Cl)cc1. The summed E-state index contributed by atoms with van der Waals surface area (Å²) in [6.45, 7) is 1.59. The molecule has 1 aliphatic rings. The molecule has 2 aromatic rings. The van der Waals surface area contributed by atoms with Gasteiger partial charge in [-0.2, -0.15) is 0 Å². The lowest BCUT2D eigenvalue weighted by molar-refractivity contribution is -0.144. The molecule has 1 aliphatic heterocycles. The fourth-order valence-corrected chi connectivity index (χ4v) is 3.40. The van der Waals surface area contributed by atoms with Gasteiger partial charge in [-0.15, -0.1) is 0 Å². The summed E-state index contributed by atoms with van der Waals surface area (Å²) in [5.74, 6) is -1.44. The van der Waals surface area contributed by atoms with Crippen molar-refractivity contribution >= 4 is 35.3 Å². The molecule has 0 spiro atoms. The summed E-state index contributed by atoms with van der Waals surface area (Å²) in [7, 11) is 0. The molecule has 2 aromatic carbocycles. The van der Waals surface area contributed by atoms with Gasteiger partial charge in [-0.05, 0) is 36.2 Å². The highest BCUT2D eigenvalue weighted by Gasteiger charge is 2.34. The van der Waals surface area contributed by atoms with Gasteiger partial charge in [0.25, 0.3) is 11.8 Å². The van der Waals surface area contributed by atoms with Crippen LogP contribution in [-0.2, 0) is 14.3 Å². The van der Waals surface area contributed by atoms with Crippen molar-refractivity contribution in [1.29, 1.82) is 0 Å². The minimum absolute atomic E-state index is 0.0474. The van der Waals surface area contributed by atoms with Gasteiger partial charge in [0, 0.05) is 18.5 Å². The average Bonchev–Trinajstić information content (AvgIpc) is 2.96. The fourth-order valence-electron chi connectivity index (χ4n) is 3.27. The molecule has 0 fully saturated rings. The molecule has 7 nitrogen and oxygen atoms in total. The van der Waals surface area contributed by atoms with Crippen molar-refractivity contribution in [2.75, 3.05) is 13.2 Å². The van der Waals surface area contributed by atoms with Gasteiger partial charge in [-0.1, -0.05) is 35.9 Å². The average molecular weight is 429 g/mol. The second kappa shape index (κ2) is 9.54. The normalized spacial score (nSPS) is 13.7. The Labute approximate surface area is 179 Å². The molecule has 1 atom stereocenters. The van der Waals surface area contributed by atoms with Gasteiger partial charge >= 0.3 is 5.97 Å². The van der Waals surface area contributed by atoms with Crippen molar-refractivity contribution < 1.29 is 23.9 Å². The Hall–Kier alpha value is -3.19. The van der Waals surface area contributed by atoms with E-state index in [9.17, 15) is 19.2 Å². The molecule has 8 heteroatoms. The number of halogens is 1. The molecule has 30 heavy (non-hydrogen) atoms. The largest absolute Gasteiger partial charge is 0.466 e. The van der Waals surface area contributed by atoms with Gasteiger partial charge in [0.15, 0.2) is 0 Å². The van der Waals surface area contributed by atoms with Crippen LogP contribution < -0.4 is 5.32 Å². The number of carbonyl (C=O) groups is 4. The second-order valence-electron chi connectivity index (χ2n) is 6.89. The van der Waals surface area contributed by atoms with E-state index in [1.54, 1.807) is 48.5 Å². The topological polar surface area (TPSA) is 92.8 Å². The maximum Gasteiger partial charge on any atom is 0.308 e. The molecule has 1 N–H and O–H groups in total. The molecule has 0 bridgehead atoms. The molecule has 0 saturated carbocycles. The molecule has 0 saturated heterocycles. The third-order valence-corrected chi connectivity index (χ3v) is 4.94. The summed E-state index contributed by atoms with van der Waals surface area (Å²) in [5.41, 5.74) is 1.51. The van der Waals surface area contributed by atoms with Gasteiger partial charge in [0.2, 0.25) is 5.91 Å². The molecule has 0 radical (unpaired) electrons. The number of carbonyl (C=O) groups excluding carboxylic acids is 4. The Kier molecular flexibility index (Phi) is 6.84. The van der Waals surface area contributed by atoms with Crippen LogP contribution in [0.25, 0.3) is 0 Å². The van der Waals surface area contributed by atoms with Crippen molar-refractivity contribution in [2.24, 2.45) is 0 Å². The third-order valence-electron chi connectivity index (χ3n) is 4.69. The Morgan fingerprint density at radius 3 is 2.20 bits per heavy atom. The van der Waals surface area contributed by atoms with E-state index in [2.05, 4.69) is 5.32 Å². The number of nitrogens with zero attached hydrogens (tertiary/aromatic N) is 1. The molecule has 156 valence electrons. The smallest absolute Gasteiger partial charge is 0.308 e. The van der Waals surface area contributed by atoms with Gasteiger partial charge in [-0.25, -0.2) is 0 Å². The standard InChI is InChI=1S/C22H21ClN2O5/c1-14(26)24-19(15-7-9-16(23)10-8-15)13-20(27)30-12-4-11-25-21(28)17-5-2-3-6-18(17)22(25)29/h2-3,5-10,19H,4,11-13H2,1H3,(H,24,26). The van der Waals surface area contributed by atoms with Crippen molar-refractivity contribution in [3.05, 3.63) is 70.2 Å². The molecule has 1 heterocycles. The minimum atomic E-state index is -0.538. The van der Waals surface area contributed by atoms with E-state index >= 15 is 0 Å². The van der Waals surface area contributed by atoms with E-state index in [4.69, 9.17) is 16.3 Å². The molecule has 3 amide bonds. The van der Waals surface area contributed by atoms with E-state index in [1.165, 1.54) is 6.92 Å². The first-order valence-electron chi connectivity index (χ1n) is 9.50. The van der Waals surface area contributed by atoms with E-state index < -0.39 is 12.0 Å². The number of fused-ring (bicyclic) bond motifs is 1. The summed E-state index contributed by atoms with van der Waals surface area (Å²) in [5, 5.41) is 3.27. The van der Waals surface area contributed by atoms with E-state index in [0.717, 1.165) is 10.5 Å². The zero-order valence-electron chi connectivity index (χ0n) is 16.4. The van der Waals surface area contributed by atoms with Crippen LogP contribution in [0.2, 0.25) is 5.02 Å². The van der Waals surface area contributed by atoms with Gasteiger partial charge in [0.05, 0.1) is 30.2 Å². The van der Waals surface area contributed by atoms with Crippen LogP contribution >= 0.6 is 11.6 Å². The van der Waals surface area contributed by atoms with Crippen LogP contribution in [0.1, 0.15) is 52.1 Å². The van der Waals surface area contributed by atoms with Crippen molar-refractivity contribution in [3.8, 4) is 0 Å². The monoisotopic (exact) mass is 428 g/mol. The van der Waals surface area contributed by atoms with Gasteiger partial charge < -0.3 is 10.1 Å². The number of nitrogens with one attached hydrogen (secondary N) is 1. The number of rotatable bonds is 8. The lowest BCUT2D eigenvalue weighted by atomic mass is 10.0. The predicted molar refractivity (Wildman–Crippen MR) is 110 cm³/mol. The maximum atomic E-state index is 12.3. The number of ether oxygens (including phenoxy) is 1. The third kappa shape index (κ3) is 5.04. The number of amides is 3. The van der Waals surface area contributed by atoms with E-state index in [-0.39, 0.29) is 37.3 Å². The first kappa shape index (κ1) is 21.5. The summed E-state index contributed by atoms with van der Waals surface area (Å²) in [6, 6.07) is 12.9. The highest BCUT2D eigenvalue weighted by atomic mass is 35.5. The Morgan fingerprint density at radius 1 is 1.03 bits per heavy atom. The maximum absolute atomic E-state index is 12.3. The first-order valence-corrected chi connectivity index (χ1v) is 9.88. The van der Waals surface area contributed by atoms with Crippen molar-refractivity contribution in [3.63, 3.8) is 0 Å². The molecule has 1 unspecified atom stereocenters. The zero-order chi connectivity index (χ0) is 21.7. The summed E-state index contributed by atoms with van der Waals surface area (Å²) < 4.78 is 5.24. The number of imide groups is 1. The number of hydrogen-bond donors (Lipinski definition) is 1. The van der Waals surface area contributed by atoms with Gasteiger partial charge in [-0.3, -0.25) is 24.1 Å². The van der Waals surface area contributed by atoms with Crippen LogP contribution in [0.4, 0.5) is 0 Å². The lowest BCUT2D eigenvalue weighted by Crippen LogP contribution is -2.31. The molecular weight excluding hydrogens is 408 g/mol. The summed E-state index contributed by atoms with van der Waals surface area (Å²) >= 11 is 5.89. The zero-order valence-corrected chi connectivity index (χ0v) is 17.1. The summed E-state index contributed by atoms with van der Waals surface area (Å²) in [4.78, 5) is 49.5. The predicted octanol–water partition coefficient (Wildman–Crippen LogP) is 3.14. The highest BCUT2D eigenvalue weighted by Crippen LogP contribution is 2.23. The highest BCUT2D eigenvalue weighted by molar-refractivity contribution is 6.30. The van der Waals surface area contributed by atoms with Crippen LogP contribution in [0.15, 0.2) is 48.5 Å². The molecular formula is C22H21ClN2O5. The lowest BCUT2D eigenvalue weighted by Gasteiger charge is -2.18. The van der Waals surface area contributed by atoms with Gasteiger partial charge in [0.1, 0.15) is 0 Å². The number of benzene rings is 2. The quantitative estimate of drug-likeness (QED) is 0.396. The Balaban J connectivity index is 1.49. The Morgan fingerprint density at radius 2 is 1.63 bits per heavy atom. The van der Waals surface area contributed by atoms with Crippen LogP contribution in [0.5, 0.6) is 0 Å². The van der Waals surface area contributed by atoms with E-state index in [0.29, 0.717) is 22.6 Å². The van der Waals surface area contributed by atoms with Crippen LogP contribution in [0, 0.1) is 0 Å².